The summed E-state index contributed by atoms with van der Waals surface area (Å²) in [4.78, 5) is 17.5. The maximum Gasteiger partial charge on any atom is 0.271 e. The molecule has 0 spiro atoms. The van der Waals surface area contributed by atoms with Crippen LogP contribution in [0, 0.1) is 5.82 Å². The van der Waals surface area contributed by atoms with Gasteiger partial charge in [0.15, 0.2) is 5.82 Å². The topological polar surface area (TPSA) is 59.4 Å². The van der Waals surface area contributed by atoms with Crippen molar-refractivity contribution in [1.82, 2.24) is 9.78 Å². The molecule has 144 valence electrons. The minimum absolute atomic E-state index is 0.0975. The Morgan fingerprint density at radius 2 is 2.22 bits per heavy atom. The maximum atomic E-state index is 14.6. The number of ether oxygens (including phenoxy) is 1. The van der Waals surface area contributed by atoms with Gasteiger partial charge in [-0.05, 0) is 45.7 Å². The molecule has 1 aromatic heterocycles. The van der Waals surface area contributed by atoms with Gasteiger partial charge in [-0.1, -0.05) is 33.8 Å². The first kappa shape index (κ1) is 19.0. The van der Waals surface area contributed by atoms with Gasteiger partial charge < -0.3 is 4.74 Å². The van der Waals surface area contributed by atoms with Gasteiger partial charge in [-0.25, -0.2) is 9.38 Å². The number of aromatic nitrogens is 2. The van der Waals surface area contributed by atoms with Crippen LogP contribution in [0.5, 0.6) is 0 Å². The molecule has 1 saturated heterocycles. The molecule has 0 unspecified atom stereocenters. The number of thioether (sulfide) groups is 1. The molecule has 2 atom stereocenters. The summed E-state index contributed by atoms with van der Waals surface area (Å²) in [5.74, 6) is 0.285. The van der Waals surface area contributed by atoms with E-state index in [-0.39, 0.29) is 23.0 Å². The summed E-state index contributed by atoms with van der Waals surface area (Å²) in [6.07, 6.45) is 1.59. The number of aliphatic imine (C=N–C) groups is 1. The molecular formula is C19H21BrFN3O2S. The van der Waals surface area contributed by atoms with Crippen LogP contribution in [0.1, 0.15) is 56.0 Å². The van der Waals surface area contributed by atoms with Crippen LogP contribution in [-0.2, 0) is 4.74 Å². The van der Waals surface area contributed by atoms with E-state index < -0.39 is 5.25 Å². The molecule has 27 heavy (non-hydrogen) atoms. The van der Waals surface area contributed by atoms with E-state index in [2.05, 4.69) is 39.9 Å². The number of H-pyrrole nitrogens is 1. The highest BCUT2D eigenvalue weighted by atomic mass is 79.9. The van der Waals surface area contributed by atoms with Crippen LogP contribution in [0.2, 0.25) is 0 Å². The molecule has 0 aliphatic carbocycles. The summed E-state index contributed by atoms with van der Waals surface area (Å²) in [6, 6.07) is 5.06. The van der Waals surface area contributed by atoms with E-state index in [1.54, 1.807) is 12.1 Å². The van der Waals surface area contributed by atoms with Crippen molar-refractivity contribution in [2.45, 2.75) is 50.5 Å². The van der Waals surface area contributed by atoms with Crippen LogP contribution < -0.4 is 5.56 Å². The predicted molar refractivity (Wildman–Crippen MR) is 110 cm³/mol. The lowest BCUT2D eigenvalue weighted by Gasteiger charge is -2.36. The van der Waals surface area contributed by atoms with E-state index in [0.717, 1.165) is 17.9 Å². The summed E-state index contributed by atoms with van der Waals surface area (Å²) in [7, 11) is 0. The first-order valence-electron chi connectivity index (χ1n) is 8.90. The van der Waals surface area contributed by atoms with Gasteiger partial charge in [-0.3, -0.25) is 14.6 Å². The molecule has 0 bridgehead atoms. The van der Waals surface area contributed by atoms with Gasteiger partial charge in [-0.2, -0.15) is 0 Å². The van der Waals surface area contributed by atoms with Crippen LogP contribution in [0.25, 0.3) is 0 Å². The van der Waals surface area contributed by atoms with Gasteiger partial charge >= 0.3 is 0 Å². The second-order valence-electron chi connectivity index (χ2n) is 7.60. The summed E-state index contributed by atoms with van der Waals surface area (Å²) in [6.45, 7) is 6.64. The van der Waals surface area contributed by atoms with Crippen molar-refractivity contribution in [3.05, 3.63) is 50.0 Å². The molecule has 1 N–H and O–H groups in total. The largest absolute Gasteiger partial charge is 0.375 e. The monoisotopic (exact) mass is 453 g/mol. The quantitative estimate of drug-likeness (QED) is 0.688. The Hall–Kier alpha value is -1.38. The summed E-state index contributed by atoms with van der Waals surface area (Å²) in [5.41, 5.74) is 0.562. The SMILES string of the molecule is CC1=Nc2c(c(=O)[nH]n2[C@@H]2CCOC(C)(C)C2)[C@H](c2ccc(Br)cc2F)S1. The van der Waals surface area contributed by atoms with Crippen LogP contribution in [0.4, 0.5) is 10.2 Å². The Labute approximate surface area is 169 Å². The van der Waals surface area contributed by atoms with E-state index in [1.807, 2.05) is 11.6 Å². The highest BCUT2D eigenvalue weighted by Crippen LogP contribution is 2.46. The number of hydrogen-bond acceptors (Lipinski definition) is 4. The lowest BCUT2D eigenvalue weighted by Crippen LogP contribution is -2.35. The second-order valence-corrected chi connectivity index (χ2v) is 9.81. The molecule has 8 heteroatoms. The molecule has 2 aliphatic rings. The first-order valence-corrected chi connectivity index (χ1v) is 10.6. The Balaban J connectivity index is 1.82. The molecule has 5 nitrogen and oxygen atoms in total. The fourth-order valence-electron chi connectivity index (χ4n) is 3.83. The minimum Gasteiger partial charge on any atom is -0.375 e. The molecule has 2 aromatic rings. The lowest BCUT2D eigenvalue weighted by atomic mass is 9.94. The van der Waals surface area contributed by atoms with Crippen molar-refractivity contribution < 1.29 is 9.13 Å². The molecule has 0 saturated carbocycles. The number of rotatable bonds is 2. The average molecular weight is 454 g/mol. The normalized spacial score (nSPS) is 24.4. The van der Waals surface area contributed by atoms with Crippen LogP contribution >= 0.6 is 27.7 Å². The highest BCUT2D eigenvalue weighted by molar-refractivity contribution is 9.10. The zero-order chi connectivity index (χ0) is 19.3. The van der Waals surface area contributed by atoms with E-state index in [1.165, 1.54) is 17.8 Å². The number of nitrogens with one attached hydrogen (secondary N) is 1. The lowest BCUT2D eigenvalue weighted by molar-refractivity contribution is -0.0705. The van der Waals surface area contributed by atoms with Gasteiger partial charge in [0, 0.05) is 16.6 Å². The standard InChI is InChI=1S/C19H21BrFN3O2S/c1-10-22-17-15(16(27-10)13-5-4-11(20)8-14(13)21)18(25)23-24(17)12-6-7-26-19(2,3)9-12/h4-5,8,12,16H,6-7,9H2,1-3H3,(H,23,25)/t12-,16+/m1/s1. The van der Waals surface area contributed by atoms with Crippen molar-refractivity contribution >= 4 is 38.6 Å². The van der Waals surface area contributed by atoms with Gasteiger partial charge in [0.2, 0.25) is 0 Å². The molecule has 0 amide bonds. The van der Waals surface area contributed by atoms with Crippen molar-refractivity contribution in [2.75, 3.05) is 6.61 Å². The number of aromatic amines is 1. The van der Waals surface area contributed by atoms with E-state index in [0.29, 0.717) is 28.0 Å². The van der Waals surface area contributed by atoms with Crippen molar-refractivity contribution in [2.24, 2.45) is 4.99 Å². The van der Waals surface area contributed by atoms with Gasteiger partial charge in [0.1, 0.15) is 5.82 Å². The van der Waals surface area contributed by atoms with E-state index in [9.17, 15) is 9.18 Å². The van der Waals surface area contributed by atoms with Crippen LogP contribution in [0.15, 0.2) is 32.5 Å². The van der Waals surface area contributed by atoms with Crippen LogP contribution in [-0.4, -0.2) is 27.0 Å². The van der Waals surface area contributed by atoms with E-state index in [4.69, 9.17) is 4.74 Å². The van der Waals surface area contributed by atoms with Crippen molar-refractivity contribution in [3.63, 3.8) is 0 Å². The summed E-state index contributed by atoms with van der Waals surface area (Å²) >= 11 is 4.70. The fraction of sp³-hybridized carbons (Fsp3) is 0.474. The third kappa shape index (κ3) is 3.54. The predicted octanol–water partition coefficient (Wildman–Crippen LogP) is 5.09. The number of hydrogen-bond donors (Lipinski definition) is 1. The fourth-order valence-corrected chi connectivity index (χ4v) is 5.29. The van der Waals surface area contributed by atoms with Crippen LogP contribution in [0.3, 0.4) is 0 Å². The number of fused-ring (bicyclic) bond motifs is 1. The average Bonchev–Trinajstić information content (AvgIpc) is 2.90. The molecule has 3 heterocycles. The zero-order valence-electron chi connectivity index (χ0n) is 15.4. The molecule has 4 rings (SSSR count). The third-order valence-corrected chi connectivity index (χ3v) is 6.68. The summed E-state index contributed by atoms with van der Waals surface area (Å²) < 4.78 is 23.0. The molecule has 0 radical (unpaired) electrons. The first-order chi connectivity index (χ1) is 12.7. The highest BCUT2D eigenvalue weighted by Gasteiger charge is 2.36. The molecule has 1 fully saturated rings. The van der Waals surface area contributed by atoms with Gasteiger partial charge in [0.25, 0.3) is 5.56 Å². The maximum absolute atomic E-state index is 14.6. The molecule has 2 aliphatic heterocycles. The number of nitrogens with zero attached hydrogens (tertiary/aromatic N) is 2. The number of benzene rings is 1. The molecule has 1 aromatic carbocycles. The second kappa shape index (κ2) is 6.90. The Morgan fingerprint density at radius 3 is 2.93 bits per heavy atom. The molecular weight excluding hydrogens is 433 g/mol. The van der Waals surface area contributed by atoms with Gasteiger partial charge in [-0.15, -0.1) is 0 Å². The minimum atomic E-state index is -0.413. The third-order valence-electron chi connectivity index (χ3n) is 5.03. The Kier molecular flexibility index (Phi) is 4.84. The van der Waals surface area contributed by atoms with Gasteiger partial charge in [0.05, 0.1) is 27.5 Å². The van der Waals surface area contributed by atoms with E-state index >= 15 is 0 Å². The smallest absolute Gasteiger partial charge is 0.271 e. The van der Waals surface area contributed by atoms with Crippen molar-refractivity contribution in [3.8, 4) is 0 Å². The zero-order valence-corrected chi connectivity index (χ0v) is 17.8. The number of halogens is 2. The Bertz CT molecular complexity index is 982. The Morgan fingerprint density at radius 1 is 1.44 bits per heavy atom. The van der Waals surface area contributed by atoms with Crippen molar-refractivity contribution in [1.29, 1.82) is 0 Å². The summed E-state index contributed by atoms with van der Waals surface area (Å²) in [5, 5.41) is 3.37.